The topological polar surface area (TPSA) is 62.7 Å². The van der Waals surface area contributed by atoms with Gasteiger partial charge in [0.1, 0.15) is 6.04 Å². The van der Waals surface area contributed by atoms with E-state index in [1.165, 1.54) is 12.8 Å². The smallest absolute Gasteiger partial charge is 0.249 e. The number of unbranched alkanes of at least 4 members (excludes halogenated alkanes) is 2. The molecule has 0 spiro atoms. The van der Waals surface area contributed by atoms with Crippen LogP contribution in [0.5, 0.6) is 0 Å². The molecule has 1 aliphatic rings. The molecule has 0 aromatic rings. The zero-order valence-electron chi connectivity index (χ0n) is 10.1. The van der Waals surface area contributed by atoms with Crippen LogP contribution in [0, 0.1) is 0 Å². The number of hydrogen-bond donors (Lipinski definition) is 2. The Morgan fingerprint density at radius 3 is 2.94 bits per heavy atom. The maximum atomic E-state index is 11.5. The van der Waals surface area contributed by atoms with Crippen LogP contribution in [-0.2, 0) is 9.53 Å². The van der Waals surface area contributed by atoms with E-state index in [1.807, 2.05) is 0 Å². The molecule has 0 aromatic carbocycles. The summed E-state index contributed by atoms with van der Waals surface area (Å²) in [6, 6.07) is -0.104. The number of guanidine groups is 1. The third-order valence-electron chi connectivity index (χ3n) is 2.53. The molecule has 5 heteroatoms. The molecule has 1 unspecified atom stereocenters. The summed E-state index contributed by atoms with van der Waals surface area (Å²) in [5.74, 6) is 0.621. The van der Waals surface area contributed by atoms with Crippen molar-refractivity contribution in [2.45, 2.75) is 38.6 Å². The Balaban J connectivity index is 2.29. The van der Waals surface area contributed by atoms with Gasteiger partial charge < -0.3 is 10.1 Å². The normalized spacial score (nSPS) is 22.2. The van der Waals surface area contributed by atoms with E-state index in [-0.39, 0.29) is 11.9 Å². The summed E-state index contributed by atoms with van der Waals surface area (Å²) in [5, 5.41) is 5.83. The molecule has 2 N–H and O–H groups in total. The minimum Gasteiger partial charge on any atom is -0.383 e. The first kappa shape index (κ1) is 13.0. The molecule has 1 heterocycles. The molecular weight excluding hydrogens is 206 g/mol. The van der Waals surface area contributed by atoms with Gasteiger partial charge in [0, 0.05) is 7.11 Å². The molecule has 0 saturated carbocycles. The summed E-state index contributed by atoms with van der Waals surface area (Å²) in [6.07, 6.45) is 4.29. The number of nitrogens with zero attached hydrogens (tertiary/aromatic N) is 1. The van der Waals surface area contributed by atoms with Gasteiger partial charge in [0.2, 0.25) is 5.91 Å². The van der Waals surface area contributed by atoms with Gasteiger partial charge in [0.25, 0.3) is 0 Å². The van der Waals surface area contributed by atoms with Crippen molar-refractivity contribution in [2.24, 2.45) is 4.99 Å². The number of hydrogen-bond acceptors (Lipinski definition) is 3. The van der Waals surface area contributed by atoms with Gasteiger partial charge in [-0.15, -0.1) is 0 Å². The molecular formula is C11H21N3O2. The third-order valence-corrected chi connectivity index (χ3v) is 2.53. The van der Waals surface area contributed by atoms with E-state index in [1.54, 1.807) is 7.11 Å². The van der Waals surface area contributed by atoms with Gasteiger partial charge >= 0.3 is 0 Å². The molecule has 92 valence electrons. The van der Waals surface area contributed by atoms with Crippen LogP contribution in [0.4, 0.5) is 0 Å². The molecule has 0 aromatic heterocycles. The second-order valence-corrected chi connectivity index (χ2v) is 3.91. The predicted molar refractivity (Wildman–Crippen MR) is 63.4 cm³/mol. The number of nitrogens with one attached hydrogen (secondary N) is 2. The van der Waals surface area contributed by atoms with Crippen LogP contribution in [0.25, 0.3) is 0 Å². The largest absolute Gasteiger partial charge is 0.383 e. The lowest BCUT2D eigenvalue weighted by Gasteiger charge is -2.06. The number of methoxy groups -OCH3 is 1. The van der Waals surface area contributed by atoms with Crippen molar-refractivity contribution in [2.75, 3.05) is 20.3 Å². The second kappa shape index (κ2) is 7.22. The van der Waals surface area contributed by atoms with Crippen molar-refractivity contribution < 1.29 is 9.53 Å². The zero-order valence-corrected chi connectivity index (χ0v) is 10.1. The summed E-state index contributed by atoms with van der Waals surface area (Å²) < 4.78 is 4.89. The van der Waals surface area contributed by atoms with Crippen molar-refractivity contribution in [3.63, 3.8) is 0 Å². The standard InChI is InChI=1S/C11H21N3O2/c1-3-4-5-6-9-10(15)14-11(13-9)12-7-8-16-2/h9H,3-8H2,1-2H3,(H2,12,13,14,15). The van der Waals surface area contributed by atoms with Gasteiger partial charge in [0.05, 0.1) is 13.2 Å². The summed E-state index contributed by atoms with van der Waals surface area (Å²) in [5.41, 5.74) is 0. The van der Waals surface area contributed by atoms with Crippen LogP contribution in [0.15, 0.2) is 4.99 Å². The Hall–Kier alpha value is -1.10. The van der Waals surface area contributed by atoms with Crippen molar-refractivity contribution in [3.8, 4) is 0 Å². The fraction of sp³-hybridized carbons (Fsp3) is 0.818. The molecule has 5 nitrogen and oxygen atoms in total. The summed E-state index contributed by atoms with van der Waals surface area (Å²) in [4.78, 5) is 15.7. The Morgan fingerprint density at radius 1 is 1.44 bits per heavy atom. The third kappa shape index (κ3) is 4.18. The van der Waals surface area contributed by atoms with Gasteiger partial charge in [-0.1, -0.05) is 26.2 Å². The van der Waals surface area contributed by atoms with Crippen molar-refractivity contribution in [3.05, 3.63) is 0 Å². The number of ether oxygens (including phenoxy) is 1. The fourth-order valence-electron chi connectivity index (χ4n) is 1.61. The molecule has 16 heavy (non-hydrogen) atoms. The number of carbonyl (C=O) groups excluding carboxylic acids is 1. The quantitative estimate of drug-likeness (QED) is 0.628. The molecule has 1 amide bonds. The van der Waals surface area contributed by atoms with E-state index in [0.29, 0.717) is 19.1 Å². The first-order valence-electron chi connectivity index (χ1n) is 5.88. The number of aliphatic imine (C=N–C) groups is 1. The average molecular weight is 227 g/mol. The lowest BCUT2D eigenvalue weighted by atomic mass is 10.1. The SMILES string of the molecule is CCCCCC1NC(=NCCOC)NC1=O. The summed E-state index contributed by atoms with van der Waals surface area (Å²) >= 11 is 0. The lowest BCUT2D eigenvalue weighted by molar-refractivity contribution is -0.120. The minimum atomic E-state index is -0.104. The molecule has 0 radical (unpaired) electrons. The Bertz CT molecular complexity index is 254. The number of carbonyl (C=O) groups is 1. The van der Waals surface area contributed by atoms with Crippen molar-refractivity contribution >= 4 is 11.9 Å². The molecule has 1 saturated heterocycles. The zero-order chi connectivity index (χ0) is 11.8. The highest BCUT2D eigenvalue weighted by Gasteiger charge is 2.26. The minimum absolute atomic E-state index is 0.0345. The molecule has 0 aliphatic carbocycles. The van der Waals surface area contributed by atoms with Crippen LogP contribution in [-0.4, -0.2) is 38.2 Å². The average Bonchev–Trinajstić information content (AvgIpc) is 2.61. The van der Waals surface area contributed by atoms with Gasteiger partial charge in [-0.2, -0.15) is 0 Å². The van der Waals surface area contributed by atoms with E-state index in [0.717, 1.165) is 12.8 Å². The van der Waals surface area contributed by atoms with Crippen molar-refractivity contribution in [1.82, 2.24) is 10.6 Å². The Morgan fingerprint density at radius 2 is 2.25 bits per heavy atom. The van der Waals surface area contributed by atoms with Gasteiger partial charge in [0.15, 0.2) is 5.96 Å². The maximum absolute atomic E-state index is 11.5. The Kier molecular flexibility index (Phi) is 5.85. The summed E-state index contributed by atoms with van der Waals surface area (Å²) in [6.45, 7) is 3.29. The highest BCUT2D eigenvalue weighted by molar-refractivity contribution is 6.06. The lowest BCUT2D eigenvalue weighted by Crippen LogP contribution is -2.29. The monoisotopic (exact) mass is 227 g/mol. The van der Waals surface area contributed by atoms with E-state index in [9.17, 15) is 4.79 Å². The first-order valence-corrected chi connectivity index (χ1v) is 5.88. The molecule has 1 aliphatic heterocycles. The van der Waals surface area contributed by atoms with Gasteiger partial charge in [-0.25, -0.2) is 0 Å². The van der Waals surface area contributed by atoms with Crippen LogP contribution in [0.2, 0.25) is 0 Å². The highest BCUT2D eigenvalue weighted by atomic mass is 16.5. The molecule has 1 fully saturated rings. The molecule has 0 bridgehead atoms. The van der Waals surface area contributed by atoms with E-state index < -0.39 is 0 Å². The highest BCUT2D eigenvalue weighted by Crippen LogP contribution is 2.06. The number of amides is 1. The first-order chi connectivity index (χ1) is 7.77. The molecule has 1 atom stereocenters. The van der Waals surface area contributed by atoms with E-state index in [2.05, 4.69) is 22.5 Å². The van der Waals surface area contributed by atoms with Crippen LogP contribution in [0.1, 0.15) is 32.6 Å². The van der Waals surface area contributed by atoms with Crippen molar-refractivity contribution in [1.29, 1.82) is 0 Å². The van der Waals surface area contributed by atoms with Gasteiger partial charge in [-0.05, 0) is 6.42 Å². The Labute approximate surface area is 96.7 Å². The van der Waals surface area contributed by atoms with E-state index >= 15 is 0 Å². The van der Waals surface area contributed by atoms with Crippen LogP contribution < -0.4 is 10.6 Å². The molecule has 1 rings (SSSR count). The van der Waals surface area contributed by atoms with E-state index in [4.69, 9.17) is 4.74 Å². The van der Waals surface area contributed by atoms with Gasteiger partial charge in [-0.3, -0.25) is 15.1 Å². The second-order valence-electron chi connectivity index (χ2n) is 3.91. The van der Waals surface area contributed by atoms with Crippen LogP contribution >= 0.6 is 0 Å². The predicted octanol–water partition coefficient (Wildman–Crippen LogP) is 0.657. The number of rotatable bonds is 7. The maximum Gasteiger partial charge on any atom is 0.249 e. The summed E-state index contributed by atoms with van der Waals surface area (Å²) in [7, 11) is 1.63. The fourth-order valence-corrected chi connectivity index (χ4v) is 1.61. The van der Waals surface area contributed by atoms with Crippen LogP contribution in [0.3, 0.4) is 0 Å².